The molecule has 22 heavy (non-hydrogen) atoms. The maximum absolute atomic E-state index is 12.2. The van der Waals surface area contributed by atoms with Crippen LogP contribution in [0, 0.1) is 6.92 Å². The molecule has 0 saturated heterocycles. The standard InChI is InChI=1S/C17H15N3OS/c1-12-14(10-20(2)19-12)16(21)8-9-17-18-15(11-22-17)13-6-4-3-5-7-13/h3-11H,1-2H3/b9-8+. The number of rotatable bonds is 4. The summed E-state index contributed by atoms with van der Waals surface area (Å²) in [6.45, 7) is 1.83. The lowest BCUT2D eigenvalue weighted by Gasteiger charge is -1.93. The molecule has 5 heteroatoms. The largest absolute Gasteiger partial charge is 0.289 e. The number of aryl methyl sites for hydroxylation is 2. The van der Waals surface area contributed by atoms with Crippen LogP contribution < -0.4 is 0 Å². The van der Waals surface area contributed by atoms with E-state index in [2.05, 4.69) is 10.1 Å². The molecule has 0 saturated carbocycles. The summed E-state index contributed by atoms with van der Waals surface area (Å²) < 4.78 is 1.65. The van der Waals surface area contributed by atoms with E-state index in [4.69, 9.17) is 0 Å². The van der Waals surface area contributed by atoms with Gasteiger partial charge in [0.05, 0.1) is 17.0 Å². The van der Waals surface area contributed by atoms with Gasteiger partial charge in [-0.1, -0.05) is 30.3 Å². The van der Waals surface area contributed by atoms with Crippen LogP contribution in [0.1, 0.15) is 21.1 Å². The van der Waals surface area contributed by atoms with Crippen molar-refractivity contribution in [2.24, 2.45) is 7.05 Å². The monoisotopic (exact) mass is 309 g/mol. The van der Waals surface area contributed by atoms with Crippen molar-refractivity contribution >= 4 is 23.2 Å². The molecule has 0 unspecified atom stereocenters. The van der Waals surface area contributed by atoms with Crippen LogP contribution in [0.3, 0.4) is 0 Å². The third kappa shape index (κ3) is 3.04. The zero-order valence-electron chi connectivity index (χ0n) is 12.4. The number of carbonyl (C=O) groups is 1. The van der Waals surface area contributed by atoms with Crippen molar-refractivity contribution in [1.82, 2.24) is 14.8 Å². The second-order valence-electron chi connectivity index (χ2n) is 4.94. The molecule has 110 valence electrons. The lowest BCUT2D eigenvalue weighted by molar-refractivity contribution is 0.104. The van der Waals surface area contributed by atoms with Crippen LogP contribution in [0.2, 0.25) is 0 Å². The predicted octanol–water partition coefficient (Wildman–Crippen LogP) is 3.75. The maximum atomic E-state index is 12.2. The first-order valence-electron chi connectivity index (χ1n) is 6.87. The summed E-state index contributed by atoms with van der Waals surface area (Å²) in [6, 6.07) is 9.99. The van der Waals surface area contributed by atoms with Crippen molar-refractivity contribution in [3.63, 3.8) is 0 Å². The number of aromatic nitrogens is 3. The molecular formula is C17H15N3OS. The number of nitrogens with zero attached hydrogens (tertiary/aromatic N) is 3. The fraction of sp³-hybridized carbons (Fsp3) is 0.118. The van der Waals surface area contributed by atoms with Crippen molar-refractivity contribution in [2.75, 3.05) is 0 Å². The van der Waals surface area contributed by atoms with E-state index in [9.17, 15) is 4.79 Å². The van der Waals surface area contributed by atoms with Gasteiger partial charge in [0.15, 0.2) is 5.78 Å². The van der Waals surface area contributed by atoms with Crippen molar-refractivity contribution in [2.45, 2.75) is 6.92 Å². The second-order valence-corrected chi connectivity index (χ2v) is 5.83. The van der Waals surface area contributed by atoms with Gasteiger partial charge in [-0.05, 0) is 19.1 Å². The minimum Gasteiger partial charge on any atom is -0.289 e. The minimum absolute atomic E-state index is 0.0536. The van der Waals surface area contributed by atoms with Gasteiger partial charge in [0, 0.05) is 24.2 Å². The molecule has 1 aromatic carbocycles. The Morgan fingerprint density at radius 3 is 2.73 bits per heavy atom. The van der Waals surface area contributed by atoms with Crippen LogP contribution >= 0.6 is 11.3 Å². The number of hydrogen-bond acceptors (Lipinski definition) is 4. The van der Waals surface area contributed by atoms with Gasteiger partial charge in [0.25, 0.3) is 0 Å². The highest BCUT2D eigenvalue weighted by molar-refractivity contribution is 7.10. The highest BCUT2D eigenvalue weighted by Gasteiger charge is 2.09. The smallest absolute Gasteiger partial charge is 0.189 e. The van der Waals surface area contributed by atoms with E-state index >= 15 is 0 Å². The lowest BCUT2D eigenvalue weighted by atomic mass is 10.1. The Bertz CT molecular complexity index is 831. The van der Waals surface area contributed by atoms with Gasteiger partial charge in [-0.2, -0.15) is 5.10 Å². The SMILES string of the molecule is Cc1nn(C)cc1C(=O)/C=C/c1nc(-c2ccccc2)cs1. The molecule has 0 atom stereocenters. The highest BCUT2D eigenvalue weighted by atomic mass is 32.1. The van der Waals surface area contributed by atoms with Crippen LogP contribution in [-0.2, 0) is 7.05 Å². The van der Waals surface area contributed by atoms with E-state index in [0.717, 1.165) is 22.0 Å². The summed E-state index contributed by atoms with van der Waals surface area (Å²) in [5, 5.41) is 6.99. The minimum atomic E-state index is -0.0536. The molecule has 0 bridgehead atoms. The zero-order valence-corrected chi connectivity index (χ0v) is 13.2. The third-order valence-corrected chi connectivity index (χ3v) is 4.06. The second kappa shape index (κ2) is 6.07. The average Bonchev–Trinajstić information content (AvgIpc) is 3.12. The Morgan fingerprint density at radius 2 is 2.05 bits per heavy atom. The van der Waals surface area contributed by atoms with Crippen molar-refractivity contribution in [3.8, 4) is 11.3 Å². The highest BCUT2D eigenvalue weighted by Crippen LogP contribution is 2.22. The Balaban J connectivity index is 1.78. The zero-order chi connectivity index (χ0) is 15.5. The van der Waals surface area contributed by atoms with Gasteiger partial charge < -0.3 is 0 Å². The van der Waals surface area contributed by atoms with Crippen LogP contribution in [0.5, 0.6) is 0 Å². The molecule has 0 aliphatic carbocycles. The Kier molecular flexibility index (Phi) is 3.98. The normalized spacial score (nSPS) is 11.2. The summed E-state index contributed by atoms with van der Waals surface area (Å²) in [5.74, 6) is -0.0536. The average molecular weight is 309 g/mol. The molecule has 4 nitrogen and oxygen atoms in total. The first-order chi connectivity index (χ1) is 10.6. The molecule has 3 aromatic rings. The number of carbonyl (C=O) groups excluding carboxylic acids is 1. The summed E-state index contributed by atoms with van der Waals surface area (Å²) in [7, 11) is 1.81. The van der Waals surface area contributed by atoms with E-state index in [1.807, 2.05) is 42.6 Å². The number of allylic oxidation sites excluding steroid dienone is 1. The molecule has 0 amide bonds. The predicted molar refractivity (Wildman–Crippen MR) is 88.9 cm³/mol. The Hall–Kier alpha value is -2.53. The van der Waals surface area contributed by atoms with E-state index in [1.165, 1.54) is 11.3 Å². The van der Waals surface area contributed by atoms with E-state index in [0.29, 0.717) is 5.56 Å². The van der Waals surface area contributed by atoms with Crippen molar-refractivity contribution < 1.29 is 4.79 Å². The van der Waals surface area contributed by atoms with Gasteiger partial charge in [-0.3, -0.25) is 9.48 Å². The van der Waals surface area contributed by atoms with Gasteiger partial charge in [0.1, 0.15) is 5.01 Å². The lowest BCUT2D eigenvalue weighted by Crippen LogP contribution is -1.94. The molecule has 0 radical (unpaired) electrons. The fourth-order valence-corrected chi connectivity index (χ4v) is 2.90. The van der Waals surface area contributed by atoms with E-state index < -0.39 is 0 Å². The summed E-state index contributed by atoms with van der Waals surface area (Å²) in [6.07, 6.45) is 5.04. The molecule has 0 fully saturated rings. The number of thiazole rings is 1. The molecule has 0 aliphatic rings. The van der Waals surface area contributed by atoms with Gasteiger partial charge in [-0.25, -0.2) is 4.98 Å². The number of benzene rings is 1. The van der Waals surface area contributed by atoms with Crippen LogP contribution in [0.25, 0.3) is 17.3 Å². The van der Waals surface area contributed by atoms with E-state index in [-0.39, 0.29) is 5.78 Å². The topological polar surface area (TPSA) is 47.8 Å². The molecule has 3 rings (SSSR count). The summed E-state index contributed by atoms with van der Waals surface area (Å²) in [4.78, 5) is 16.7. The first-order valence-corrected chi connectivity index (χ1v) is 7.75. The van der Waals surface area contributed by atoms with Crippen LogP contribution in [0.15, 0.2) is 48.0 Å². The summed E-state index contributed by atoms with van der Waals surface area (Å²) in [5.41, 5.74) is 3.36. The fourth-order valence-electron chi connectivity index (χ4n) is 2.18. The van der Waals surface area contributed by atoms with Crippen LogP contribution in [0.4, 0.5) is 0 Å². The van der Waals surface area contributed by atoms with Gasteiger partial charge in [-0.15, -0.1) is 11.3 Å². The third-order valence-electron chi connectivity index (χ3n) is 3.25. The van der Waals surface area contributed by atoms with Gasteiger partial charge >= 0.3 is 0 Å². The van der Waals surface area contributed by atoms with Gasteiger partial charge in [0.2, 0.25) is 0 Å². The van der Waals surface area contributed by atoms with Crippen molar-refractivity contribution in [3.05, 3.63) is 64.2 Å². The van der Waals surface area contributed by atoms with Crippen molar-refractivity contribution in [1.29, 1.82) is 0 Å². The van der Waals surface area contributed by atoms with E-state index in [1.54, 1.807) is 30.1 Å². The van der Waals surface area contributed by atoms with Crippen LogP contribution in [-0.4, -0.2) is 20.5 Å². The molecule has 2 aromatic heterocycles. The Labute approximate surface area is 132 Å². The Morgan fingerprint density at radius 1 is 1.27 bits per heavy atom. The molecular weight excluding hydrogens is 294 g/mol. The number of ketones is 1. The quantitative estimate of drug-likeness (QED) is 0.545. The first kappa shape index (κ1) is 14.4. The number of hydrogen-bond donors (Lipinski definition) is 0. The summed E-state index contributed by atoms with van der Waals surface area (Å²) >= 11 is 1.52. The maximum Gasteiger partial charge on any atom is 0.189 e. The molecule has 2 heterocycles. The molecule has 0 aliphatic heterocycles. The molecule has 0 N–H and O–H groups in total. The molecule has 0 spiro atoms.